The van der Waals surface area contributed by atoms with Gasteiger partial charge in [0.15, 0.2) is 0 Å². The first-order chi connectivity index (χ1) is 7.90. The largest absolute Gasteiger partial charge is 0.265 e. The lowest BCUT2D eigenvalue weighted by molar-refractivity contribution is 1.32. The summed E-state index contributed by atoms with van der Waals surface area (Å²) in [6.45, 7) is 3.84. The Bertz CT molecular complexity index is 483. The topological polar surface area (TPSA) is 12.9 Å². The smallest absolute Gasteiger partial charge is 0.0273 e. The average Bonchev–Trinajstić information content (AvgIpc) is 2.38. The van der Waals surface area contributed by atoms with E-state index >= 15 is 0 Å². The SMILES string of the molecule is C=CC(=Cc1ccccc1)c1ccncc1. The summed E-state index contributed by atoms with van der Waals surface area (Å²) in [7, 11) is 0. The van der Waals surface area contributed by atoms with Crippen molar-refractivity contribution in [3.8, 4) is 0 Å². The van der Waals surface area contributed by atoms with Gasteiger partial charge in [-0.2, -0.15) is 0 Å². The molecule has 1 nitrogen and oxygen atoms in total. The van der Waals surface area contributed by atoms with Crippen molar-refractivity contribution in [1.82, 2.24) is 4.98 Å². The van der Waals surface area contributed by atoms with Crippen molar-refractivity contribution in [2.24, 2.45) is 0 Å². The van der Waals surface area contributed by atoms with Crippen LogP contribution in [-0.2, 0) is 0 Å². The molecular weight excluding hydrogens is 194 g/mol. The maximum absolute atomic E-state index is 4.01. The van der Waals surface area contributed by atoms with E-state index in [1.54, 1.807) is 12.4 Å². The normalized spacial score (nSPS) is 11.1. The molecule has 78 valence electrons. The van der Waals surface area contributed by atoms with Crippen LogP contribution in [-0.4, -0.2) is 4.98 Å². The van der Waals surface area contributed by atoms with Crippen molar-refractivity contribution in [3.63, 3.8) is 0 Å². The van der Waals surface area contributed by atoms with Gasteiger partial charge in [-0.1, -0.05) is 43.0 Å². The first-order valence-corrected chi connectivity index (χ1v) is 5.20. The molecule has 0 saturated carbocycles. The van der Waals surface area contributed by atoms with Crippen LogP contribution in [0.2, 0.25) is 0 Å². The Hall–Kier alpha value is -2.15. The van der Waals surface area contributed by atoms with E-state index in [0.29, 0.717) is 0 Å². The van der Waals surface area contributed by atoms with Crippen LogP contribution in [0, 0.1) is 0 Å². The summed E-state index contributed by atoms with van der Waals surface area (Å²) >= 11 is 0. The maximum Gasteiger partial charge on any atom is 0.0273 e. The molecule has 0 aliphatic carbocycles. The molecule has 2 aromatic rings. The molecule has 0 spiro atoms. The third-order valence-corrected chi connectivity index (χ3v) is 2.36. The molecule has 0 unspecified atom stereocenters. The lowest BCUT2D eigenvalue weighted by Gasteiger charge is -2.01. The zero-order valence-electron chi connectivity index (χ0n) is 9.01. The van der Waals surface area contributed by atoms with Gasteiger partial charge in [-0.25, -0.2) is 0 Å². The summed E-state index contributed by atoms with van der Waals surface area (Å²) in [6.07, 6.45) is 7.56. The highest BCUT2D eigenvalue weighted by Crippen LogP contribution is 2.18. The first kappa shape index (κ1) is 10.4. The minimum absolute atomic E-state index is 1.11. The Morgan fingerprint density at radius 2 is 1.69 bits per heavy atom. The third-order valence-electron chi connectivity index (χ3n) is 2.36. The molecule has 0 fully saturated rings. The van der Waals surface area contributed by atoms with E-state index in [9.17, 15) is 0 Å². The molecule has 0 aliphatic rings. The van der Waals surface area contributed by atoms with Crippen LogP contribution < -0.4 is 0 Å². The summed E-state index contributed by atoms with van der Waals surface area (Å²) in [4.78, 5) is 4.01. The van der Waals surface area contributed by atoms with Crippen molar-refractivity contribution in [3.05, 3.63) is 78.6 Å². The van der Waals surface area contributed by atoms with Crippen LogP contribution in [0.3, 0.4) is 0 Å². The Morgan fingerprint density at radius 1 is 1.00 bits per heavy atom. The minimum Gasteiger partial charge on any atom is -0.265 e. The van der Waals surface area contributed by atoms with Crippen molar-refractivity contribution in [2.75, 3.05) is 0 Å². The van der Waals surface area contributed by atoms with Gasteiger partial charge in [-0.15, -0.1) is 0 Å². The van der Waals surface area contributed by atoms with Crippen LogP contribution in [0.5, 0.6) is 0 Å². The highest BCUT2D eigenvalue weighted by molar-refractivity contribution is 5.86. The molecular formula is C15H13N. The number of nitrogens with zero attached hydrogens (tertiary/aromatic N) is 1. The number of pyridine rings is 1. The van der Waals surface area contributed by atoms with E-state index in [1.165, 1.54) is 5.56 Å². The quantitative estimate of drug-likeness (QED) is 0.697. The summed E-state index contributed by atoms with van der Waals surface area (Å²) < 4.78 is 0. The van der Waals surface area contributed by atoms with Crippen LogP contribution in [0.15, 0.2) is 67.5 Å². The molecule has 16 heavy (non-hydrogen) atoms. The van der Waals surface area contributed by atoms with Gasteiger partial charge in [-0.05, 0) is 34.9 Å². The molecule has 0 amide bonds. The molecule has 2 rings (SSSR count). The van der Waals surface area contributed by atoms with Gasteiger partial charge in [-0.3, -0.25) is 4.98 Å². The van der Waals surface area contributed by atoms with Crippen LogP contribution in [0.4, 0.5) is 0 Å². The number of aromatic nitrogens is 1. The number of allylic oxidation sites excluding steroid dienone is 2. The monoisotopic (exact) mass is 207 g/mol. The fourth-order valence-electron chi connectivity index (χ4n) is 1.53. The van der Waals surface area contributed by atoms with Crippen molar-refractivity contribution in [2.45, 2.75) is 0 Å². The van der Waals surface area contributed by atoms with Crippen molar-refractivity contribution in [1.29, 1.82) is 0 Å². The van der Waals surface area contributed by atoms with Gasteiger partial charge in [0, 0.05) is 12.4 Å². The molecule has 0 atom stereocenters. The van der Waals surface area contributed by atoms with Crippen molar-refractivity contribution >= 4 is 11.6 Å². The molecule has 1 aromatic carbocycles. The second-order valence-corrected chi connectivity index (χ2v) is 3.45. The van der Waals surface area contributed by atoms with Crippen LogP contribution in [0.1, 0.15) is 11.1 Å². The Labute approximate surface area is 95.8 Å². The number of benzene rings is 1. The lowest BCUT2D eigenvalue weighted by Crippen LogP contribution is -1.81. The summed E-state index contributed by atoms with van der Waals surface area (Å²) in [5, 5.41) is 0. The molecule has 1 heteroatoms. The molecule has 0 bridgehead atoms. The molecule has 0 N–H and O–H groups in total. The molecule has 0 radical (unpaired) electrons. The van der Waals surface area contributed by atoms with Gasteiger partial charge in [0.2, 0.25) is 0 Å². The highest BCUT2D eigenvalue weighted by atomic mass is 14.6. The fraction of sp³-hybridized carbons (Fsp3) is 0. The zero-order valence-corrected chi connectivity index (χ0v) is 9.01. The van der Waals surface area contributed by atoms with Gasteiger partial charge in [0.05, 0.1) is 0 Å². The highest BCUT2D eigenvalue weighted by Gasteiger charge is 1.96. The van der Waals surface area contributed by atoms with Gasteiger partial charge in [0.25, 0.3) is 0 Å². The summed E-state index contributed by atoms with van der Waals surface area (Å²) in [5.41, 5.74) is 3.41. The second kappa shape index (κ2) is 5.08. The fourth-order valence-corrected chi connectivity index (χ4v) is 1.53. The van der Waals surface area contributed by atoms with Gasteiger partial charge < -0.3 is 0 Å². The minimum atomic E-state index is 1.11. The van der Waals surface area contributed by atoms with E-state index in [2.05, 4.69) is 29.8 Å². The Balaban J connectivity index is 2.38. The zero-order chi connectivity index (χ0) is 11.2. The maximum atomic E-state index is 4.01. The number of rotatable bonds is 3. The van der Waals surface area contributed by atoms with E-state index in [1.807, 2.05) is 36.4 Å². The summed E-state index contributed by atoms with van der Waals surface area (Å²) in [6, 6.07) is 14.2. The Kier molecular flexibility index (Phi) is 3.29. The molecule has 0 aliphatic heterocycles. The molecule has 1 aromatic heterocycles. The summed E-state index contributed by atoms with van der Waals surface area (Å²) in [5.74, 6) is 0. The van der Waals surface area contributed by atoms with Crippen LogP contribution in [0.25, 0.3) is 11.6 Å². The Morgan fingerprint density at radius 3 is 2.31 bits per heavy atom. The predicted octanol–water partition coefficient (Wildman–Crippen LogP) is 3.81. The third kappa shape index (κ3) is 2.45. The number of hydrogen-bond donors (Lipinski definition) is 0. The van der Waals surface area contributed by atoms with Gasteiger partial charge in [0.1, 0.15) is 0 Å². The van der Waals surface area contributed by atoms with Crippen molar-refractivity contribution < 1.29 is 0 Å². The van der Waals surface area contributed by atoms with E-state index in [0.717, 1.165) is 11.1 Å². The van der Waals surface area contributed by atoms with E-state index in [4.69, 9.17) is 0 Å². The van der Waals surface area contributed by atoms with Gasteiger partial charge >= 0.3 is 0 Å². The lowest BCUT2D eigenvalue weighted by atomic mass is 10.0. The average molecular weight is 207 g/mol. The van der Waals surface area contributed by atoms with E-state index in [-0.39, 0.29) is 0 Å². The standard InChI is InChI=1S/C15H13N/c1-2-14(15-8-10-16-11-9-15)12-13-6-4-3-5-7-13/h2-12H,1H2. The van der Waals surface area contributed by atoms with E-state index < -0.39 is 0 Å². The van der Waals surface area contributed by atoms with Crippen LogP contribution >= 0.6 is 0 Å². The first-order valence-electron chi connectivity index (χ1n) is 5.20. The second-order valence-electron chi connectivity index (χ2n) is 3.45. The molecule has 0 saturated heterocycles. The predicted molar refractivity (Wildman–Crippen MR) is 68.7 cm³/mol. The molecule has 1 heterocycles. The number of hydrogen-bond acceptors (Lipinski definition) is 1.